The zero-order valence-electron chi connectivity index (χ0n) is 9.45. The molecule has 0 saturated carbocycles. The van der Waals surface area contributed by atoms with Crippen LogP contribution in [0, 0.1) is 13.8 Å². The van der Waals surface area contributed by atoms with Crippen molar-refractivity contribution in [3.8, 4) is 0 Å². The molecule has 7 heteroatoms. The molecule has 1 aromatic carbocycles. The van der Waals surface area contributed by atoms with E-state index in [1.807, 2.05) is 13.0 Å². The molecule has 1 aromatic heterocycles. The zero-order valence-corrected chi connectivity index (χ0v) is 10.3. The first-order valence-corrected chi connectivity index (χ1v) is 6.42. The molecule has 90 valence electrons. The summed E-state index contributed by atoms with van der Waals surface area (Å²) in [6.07, 6.45) is 2.56. The third kappa shape index (κ3) is 2.44. The van der Waals surface area contributed by atoms with Crippen molar-refractivity contribution < 1.29 is 8.42 Å². The summed E-state index contributed by atoms with van der Waals surface area (Å²) in [4.78, 5) is 2.59. The van der Waals surface area contributed by atoms with Crippen molar-refractivity contribution in [2.75, 3.05) is 4.83 Å². The molecule has 0 saturated heterocycles. The Kier molecular flexibility index (Phi) is 2.84. The molecule has 6 nitrogen and oxygen atoms in total. The highest BCUT2D eigenvalue weighted by atomic mass is 32.2. The van der Waals surface area contributed by atoms with E-state index in [0.29, 0.717) is 5.56 Å². The summed E-state index contributed by atoms with van der Waals surface area (Å²) in [6.45, 7) is 3.67. The lowest BCUT2D eigenvalue weighted by atomic mass is 10.2. The lowest BCUT2D eigenvalue weighted by molar-refractivity contribution is 0.594. The van der Waals surface area contributed by atoms with Gasteiger partial charge in [-0.05, 0) is 25.5 Å². The van der Waals surface area contributed by atoms with Crippen molar-refractivity contribution in [2.24, 2.45) is 0 Å². The van der Waals surface area contributed by atoms with Crippen molar-refractivity contribution in [2.45, 2.75) is 18.7 Å². The van der Waals surface area contributed by atoms with Crippen molar-refractivity contribution in [1.82, 2.24) is 14.9 Å². The third-order valence-electron chi connectivity index (χ3n) is 2.26. The topological polar surface area (TPSA) is 76.9 Å². The van der Waals surface area contributed by atoms with Gasteiger partial charge in [-0.1, -0.05) is 17.7 Å². The number of hydrogen-bond acceptors (Lipinski definition) is 4. The second-order valence-corrected chi connectivity index (χ2v) is 5.36. The second-order valence-electron chi connectivity index (χ2n) is 3.73. The summed E-state index contributed by atoms with van der Waals surface area (Å²) in [5.74, 6) is 0. The summed E-state index contributed by atoms with van der Waals surface area (Å²) in [7, 11) is -3.60. The molecule has 0 unspecified atom stereocenters. The minimum Gasteiger partial charge on any atom is -0.221 e. The number of aromatic nitrogens is 3. The summed E-state index contributed by atoms with van der Waals surface area (Å²) in [5, 5.41) is 7.05. The Balaban J connectivity index is 2.38. The van der Waals surface area contributed by atoms with Gasteiger partial charge < -0.3 is 0 Å². The van der Waals surface area contributed by atoms with Crippen LogP contribution in [0.3, 0.4) is 0 Å². The fourth-order valence-corrected chi connectivity index (χ4v) is 2.74. The van der Waals surface area contributed by atoms with Crippen molar-refractivity contribution in [3.63, 3.8) is 0 Å². The smallest absolute Gasteiger partial charge is 0.221 e. The van der Waals surface area contributed by atoms with Gasteiger partial charge in [0.05, 0.1) is 4.90 Å². The maximum atomic E-state index is 12.0. The van der Waals surface area contributed by atoms with Crippen LogP contribution < -0.4 is 4.83 Å². The van der Waals surface area contributed by atoms with E-state index < -0.39 is 10.0 Å². The molecular formula is C10H12N4O2S. The van der Waals surface area contributed by atoms with Gasteiger partial charge in [0, 0.05) is 0 Å². The van der Waals surface area contributed by atoms with Crippen LogP contribution in [0.1, 0.15) is 11.1 Å². The van der Waals surface area contributed by atoms with Crippen LogP contribution in [0.15, 0.2) is 35.7 Å². The van der Waals surface area contributed by atoms with E-state index in [0.717, 1.165) is 5.56 Å². The molecule has 0 atom stereocenters. The zero-order chi connectivity index (χ0) is 12.5. The number of nitrogens with one attached hydrogen (secondary N) is 1. The lowest BCUT2D eigenvalue weighted by Crippen LogP contribution is -2.22. The van der Waals surface area contributed by atoms with Crippen LogP contribution in [-0.4, -0.2) is 23.3 Å². The number of hydrogen-bond donors (Lipinski definition) is 1. The maximum absolute atomic E-state index is 12.0. The Bertz CT molecular complexity index is 620. The van der Waals surface area contributed by atoms with Crippen LogP contribution >= 0.6 is 0 Å². The van der Waals surface area contributed by atoms with Crippen LogP contribution in [-0.2, 0) is 10.0 Å². The van der Waals surface area contributed by atoms with E-state index in [-0.39, 0.29) is 4.90 Å². The number of benzene rings is 1. The van der Waals surface area contributed by atoms with Crippen molar-refractivity contribution >= 4 is 10.0 Å². The van der Waals surface area contributed by atoms with Gasteiger partial charge in [0.2, 0.25) is 0 Å². The summed E-state index contributed by atoms with van der Waals surface area (Å²) < 4.78 is 25.3. The number of nitrogens with zero attached hydrogens (tertiary/aromatic N) is 3. The van der Waals surface area contributed by atoms with E-state index in [1.165, 1.54) is 17.3 Å². The standard InChI is InChI=1S/C10H12N4O2S/c1-8-3-4-10(9(2)5-8)17(15,16)13-14-6-11-12-7-14/h3-7,13H,1-2H3. The first-order valence-electron chi connectivity index (χ1n) is 4.94. The predicted molar refractivity (Wildman–Crippen MR) is 62.5 cm³/mol. The molecule has 0 radical (unpaired) electrons. The van der Waals surface area contributed by atoms with E-state index in [9.17, 15) is 8.42 Å². The van der Waals surface area contributed by atoms with Gasteiger partial charge in [0.25, 0.3) is 10.0 Å². The Labute approximate surface area is 99.3 Å². The average Bonchev–Trinajstić information content (AvgIpc) is 2.68. The second kappa shape index (κ2) is 4.17. The summed E-state index contributed by atoms with van der Waals surface area (Å²) in [6, 6.07) is 5.16. The van der Waals surface area contributed by atoms with Crippen LogP contribution in [0.25, 0.3) is 0 Å². The predicted octanol–water partition coefficient (Wildman–Crippen LogP) is 0.827. The Hall–Kier alpha value is -1.89. The summed E-state index contributed by atoms with van der Waals surface area (Å²) >= 11 is 0. The van der Waals surface area contributed by atoms with Gasteiger partial charge in [-0.15, -0.1) is 10.2 Å². The molecule has 0 bridgehead atoms. The highest BCUT2D eigenvalue weighted by Crippen LogP contribution is 2.16. The first-order chi connectivity index (χ1) is 7.99. The Morgan fingerprint density at radius 2 is 1.82 bits per heavy atom. The molecule has 0 spiro atoms. The average molecular weight is 252 g/mol. The largest absolute Gasteiger partial charge is 0.275 e. The van der Waals surface area contributed by atoms with E-state index in [1.54, 1.807) is 19.1 Å². The molecule has 0 aliphatic heterocycles. The Morgan fingerprint density at radius 3 is 2.41 bits per heavy atom. The number of aryl methyl sites for hydroxylation is 2. The molecule has 17 heavy (non-hydrogen) atoms. The molecule has 0 fully saturated rings. The van der Waals surface area contributed by atoms with Gasteiger partial charge >= 0.3 is 0 Å². The van der Waals surface area contributed by atoms with Gasteiger partial charge in [-0.25, -0.2) is 9.51 Å². The normalized spacial score (nSPS) is 11.4. The van der Waals surface area contributed by atoms with E-state index in [2.05, 4.69) is 15.0 Å². The molecule has 2 rings (SSSR count). The quantitative estimate of drug-likeness (QED) is 0.877. The minimum atomic E-state index is -3.60. The molecule has 0 amide bonds. The fraction of sp³-hybridized carbons (Fsp3) is 0.200. The molecule has 0 aliphatic rings. The number of sulfonamides is 1. The van der Waals surface area contributed by atoms with Crippen LogP contribution in [0.2, 0.25) is 0 Å². The van der Waals surface area contributed by atoms with Crippen molar-refractivity contribution in [3.05, 3.63) is 42.0 Å². The highest BCUT2D eigenvalue weighted by molar-refractivity contribution is 7.92. The highest BCUT2D eigenvalue weighted by Gasteiger charge is 2.16. The van der Waals surface area contributed by atoms with Gasteiger partial charge in [0.1, 0.15) is 12.7 Å². The molecule has 1 N–H and O–H groups in total. The summed E-state index contributed by atoms with van der Waals surface area (Å²) in [5.41, 5.74) is 1.72. The first kappa shape index (κ1) is 11.6. The molecular weight excluding hydrogens is 240 g/mol. The van der Waals surface area contributed by atoms with Gasteiger partial charge in [0.15, 0.2) is 0 Å². The Morgan fingerprint density at radius 1 is 1.18 bits per heavy atom. The van der Waals surface area contributed by atoms with E-state index in [4.69, 9.17) is 0 Å². The van der Waals surface area contributed by atoms with Crippen LogP contribution in [0.5, 0.6) is 0 Å². The lowest BCUT2D eigenvalue weighted by Gasteiger charge is -2.10. The maximum Gasteiger partial charge on any atom is 0.275 e. The molecule has 0 aliphatic carbocycles. The SMILES string of the molecule is Cc1ccc(S(=O)(=O)Nn2cnnc2)c(C)c1. The minimum absolute atomic E-state index is 0.247. The monoisotopic (exact) mass is 252 g/mol. The fourth-order valence-electron chi connectivity index (χ4n) is 1.54. The van der Waals surface area contributed by atoms with Gasteiger partial charge in [-0.2, -0.15) is 8.42 Å². The number of rotatable bonds is 3. The van der Waals surface area contributed by atoms with E-state index >= 15 is 0 Å². The van der Waals surface area contributed by atoms with Crippen molar-refractivity contribution in [1.29, 1.82) is 0 Å². The third-order valence-corrected chi connectivity index (χ3v) is 3.75. The molecule has 1 heterocycles. The van der Waals surface area contributed by atoms with Crippen LogP contribution in [0.4, 0.5) is 0 Å². The van der Waals surface area contributed by atoms with Gasteiger partial charge in [-0.3, -0.25) is 0 Å². The molecule has 2 aromatic rings.